The molecule has 2 heterocycles. The predicted octanol–water partition coefficient (Wildman–Crippen LogP) is 9.50. The van der Waals surface area contributed by atoms with Gasteiger partial charge >= 0.3 is 0 Å². The number of nitrogens with zero attached hydrogens (tertiary/aromatic N) is 1. The molecule has 0 radical (unpaired) electrons. The molecule has 2 heteroatoms. The number of fused-ring (bicyclic) bond motifs is 17. The maximum Gasteiger partial charge on any atom is 0.0746 e. The van der Waals surface area contributed by atoms with Crippen LogP contribution in [-0.2, 0) is 11.8 Å². The summed E-state index contributed by atoms with van der Waals surface area (Å²) < 4.78 is 4.02. The summed E-state index contributed by atoms with van der Waals surface area (Å²) >= 11 is 1.98. The molecule has 1 spiro atoms. The zero-order chi connectivity index (χ0) is 29.3. The minimum atomic E-state index is -0.383. The van der Waals surface area contributed by atoms with Crippen LogP contribution in [-0.4, -0.2) is 4.57 Å². The van der Waals surface area contributed by atoms with Crippen LogP contribution in [0.4, 0.5) is 0 Å². The van der Waals surface area contributed by atoms with Crippen LogP contribution >= 0.6 is 11.3 Å². The molecular weight excluding hydrogens is 563 g/mol. The Balaban J connectivity index is 1.35. The Bertz CT molecular complexity index is 2540. The lowest BCUT2D eigenvalue weighted by molar-refractivity contribution is 0.795. The van der Waals surface area contributed by atoms with Crippen LogP contribution in [0.2, 0.25) is 0 Å². The second-order valence-corrected chi connectivity index (χ2v) is 14.1. The van der Waals surface area contributed by atoms with Gasteiger partial charge < -0.3 is 4.57 Å². The van der Waals surface area contributed by atoms with Gasteiger partial charge in [0, 0.05) is 42.2 Å². The van der Waals surface area contributed by atoms with E-state index < -0.39 is 0 Å². The molecule has 0 amide bonds. The normalized spacial score (nSPS) is 16.1. The van der Waals surface area contributed by atoms with Gasteiger partial charge in [0.2, 0.25) is 0 Å². The summed E-state index contributed by atoms with van der Waals surface area (Å²) in [5.41, 5.74) is 14.7. The fourth-order valence-corrected chi connectivity index (χ4v) is 10.4. The maximum atomic E-state index is 2.63. The van der Waals surface area contributed by atoms with Crippen molar-refractivity contribution in [1.82, 2.24) is 4.57 Å². The topological polar surface area (TPSA) is 4.93 Å². The van der Waals surface area contributed by atoms with Crippen molar-refractivity contribution in [3.05, 3.63) is 152 Å². The van der Waals surface area contributed by atoms with Crippen LogP contribution in [0.3, 0.4) is 0 Å². The minimum Gasteiger partial charge on any atom is -0.309 e. The van der Waals surface area contributed by atoms with Crippen molar-refractivity contribution >= 4 is 50.6 Å². The van der Waals surface area contributed by atoms with Crippen LogP contribution in [0.1, 0.15) is 52.0 Å². The number of aryl methyl sites for hydroxylation is 1. The largest absolute Gasteiger partial charge is 0.309 e. The number of hydrogen-bond acceptors (Lipinski definition) is 1. The Morgan fingerprint density at radius 3 is 2.07 bits per heavy atom. The van der Waals surface area contributed by atoms with Crippen LogP contribution in [0.25, 0.3) is 67.2 Å². The lowest BCUT2D eigenvalue weighted by atomic mass is 9.70. The second-order valence-electron chi connectivity index (χ2n) is 13.0. The van der Waals surface area contributed by atoms with Gasteiger partial charge in [0.1, 0.15) is 0 Å². The van der Waals surface area contributed by atoms with Gasteiger partial charge in [0.15, 0.2) is 0 Å². The fourth-order valence-electron chi connectivity index (χ4n) is 9.21. The van der Waals surface area contributed by atoms with Gasteiger partial charge in [-0.1, -0.05) is 109 Å². The molecule has 0 atom stereocenters. The first-order valence-electron chi connectivity index (χ1n) is 16.2. The van der Waals surface area contributed by atoms with Gasteiger partial charge in [0.05, 0.1) is 10.9 Å². The average Bonchev–Trinajstić information content (AvgIpc) is 3.81. The van der Waals surface area contributed by atoms with Gasteiger partial charge in [-0.25, -0.2) is 0 Å². The maximum absolute atomic E-state index is 2.63. The Kier molecular flexibility index (Phi) is 4.68. The van der Waals surface area contributed by atoms with E-state index in [0.717, 1.165) is 25.7 Å². The van der Waals surface area contributed by atoms with E-state index in [-0.39, 0.29) is 5.41 Å². The van der Waals surface area contributed by atoms with E-state index >= 15 is 0 Å². The molecule has 7 aromatic rings. The molecule has 0 saturated heterocycles. The zero-order valence-electron chi connectivity index (χ0n) is 24.8. The van der Waals surface area contributed by atoms with Gasteiger partial charge in [-0.3, -0.25) is 0 Å². The first-order chi connectivity index (χ1) is 22.3. The van der Waals surface area contributed by atoms with Crippen molar-refractivity contribution in [2.24, 2.45) is 0 Å². The summed E-state index contributed by atoms with van der Waals surface area (Å²) in [6, 6.07) is 39.6. The monoisotopic (exact) mass is 591 g/mol. The molecule has 4 aliphatic rings. The Labute approximate surface area is 265 Å². The molecule has 0 fully saturated rings. The predicted molar refractivity (Wildman–Crippen MR) is 190 cm³/mol. The van der Waals surface area contributed by atoms with Gasteiger partial charge in [-0.15, -0.1) is 11.3 Å². The van der Waals surface area contributed by atoms with E-state index in [1.165, 1.54) is 92.2 Å². The lowest BCUT2D eigenvalue weighted by Crippen LogP contribution is -2.30. The SMILES string of the molecule is C1=Cc2c(sc3ccc(-n4c5c(c6ccc7c(c64)C4(c6ccccc6-c6ccccc64)c4ccccc4-7)=CCCC=5)cc23)CC1. The number of aromatic nitrogens is 1. The summed E-state index contributed by atoms with van der Waals surface area (Å²) in [5, 5.41) is 5.48. The van der Waals surface area contributed by atoms with E-state index in [4.69, 9.17) is 0 Å². The molecule has 0 N–H and O–H groups in total. The van der Waals surface area contributed by atoms with E-state index in [0.29, 0.717) is 0 Å². The molecule has 0 saturated carbocycles. The molecule has 45 heavy (non-hydrogen) atoms. The molecule has 1 nitrogen and oxygen atoms in total. The summed E-state index contributed by atoms with van der Waals surface area (Å²) in [7, 11) is 0. The highest BCUT2D eigenvalue weighted by Crippen LogP contribution is 2.63. The first-order valence-corrected chi connectivity index (χ1v) is 17.1. The third-order valence-electron chi connectivity index (χ3n) is 10.9. The highest BCUT2D eigenvalue weighted by molar-refractivity contribution is 7.19. The van der Waals surface area contributed by atoms with Crippen LogP contribution in [0, 0.1) is 0 Å². The quantitative estimate of drug-likeness (QED) is 0.179. The molecule has 5 aromatic carbocycles. The van der Waals surface area contributed by atoms with Crippen molar-refractivity contribution in [1.29, 1.82) is 0 Å². The van der Waals surface area contributed by atoms with Crippen molar-refractivity contribution in [2.75, 3.05) is 0 Å². The highest BCUT2D eigenvalue weighted by Gasteiger charge is 2.53. The number of allylic oxidation sites excluding steroid dienone is 1. The van der Waals surface area contributed by atoms with Crippen LogP contribution < -0.4 is 10.6 Å². The van der Waals surface area contributed by atoms with E-state index in [9.17, 15) is 0 Å². The fraction of sp³-hybridized carbons (Fsp3) is 0.116. The molecular formula is C43H29NS. The van der Waals surface area contributed by atoms with Crippen LogP contribution in [0.15, 0.2) is 109 Å². The summed E-state index contributed by atoms with van der Waals surface area (Å²) in [6.07, 6.45) is 14.1. The van der Waals surface area contributed by atoms with E-state index in [1.54, 1.807) is 0 Å². The molecule has 4 aliphatic carbocycles. The van der Waals surface area contributed by atoms with Gasteiger partial charge in [0.25, 0.3) is 0 Å². The molecule has 212 valence electrons. The summed E-state index contributed by atoms with van der Waals surface area (Å²) in [5.74, 6) is 0. The lowest BCUT2D eigenvalue weighted by Gasteiger charge is -2.31. The molecule has 0 bridgehead atoms. The second kappa shape index (κ2) is 8.62. The zero-order valence-corrected chi connectivity index (χ0v) is 25.6. The molecule has 2 aromatic heterocycles. The Hall–Kier alpha value is -4.92. The Morgan fingerprint density at radius 2 is 1.31 bits per heavy atom. The summed E-state index contributed by atoms with van der Waals surface area (Å²) in [6.45, 7) is 0. The standard InChI is InChI=1S/C43H29NS/c1-6-16-35-27(11-1)28-12-2-7-17-36(28)43(35)37-18-8-3-13-29(37)32-22-23-33-30-14-4-9-19-38(30)44(42(33)41(32)43)26-21-24-40-34(25-26)31-15-5-10-20-39(31)45-40/h1-3,5-8,11-19,21-25H,4,9-10,20H2. The third-order valence-corrected chi connectivity index (χ3v) is 12.1. The number of thiophene rings is 1. The highest BCUT2D eigenvalue weighted by atomic mass is 32.1. The Morgan fingerprint density at radius 1 is 0.622 bits per heavy atom. The molecule has 0 aliphatic heterocycles. The minimum absolute atomic E-state index is 0.383. The molecule has 0 unspecified atom stereocenters. The summed E-state index contributed by atoms with van der Waals surface area (Å²) in [4.78, 5) is 1.53. The van der Waals surface area contributed by atoms with E-state index in [1.807, 2.05) is 11.3 Å². The third kappa shape index (κ3) is 2.90. The number of hydrogen-bond donors (Lipinski definition) is 0. The number of rotatable bonds is 1. The van der Waals surface area contributed by atoms with Crippen molar-refractivity contribution in [3.63, 3.8) is 0 Å². The average molecular weight is 592 g/mol. The van der Waals surface area contributed by atoms with Gasteiger partial charge in [-0.2, -0.15) is 0 Å². The van der Waals surface area contributed by atoms with Crippen molar-refractivity contribution in [3.8, 4) is 27.9 Å². The van der Waals surface area contributed by atoms with E-state index in [2.05, 4.69) is 132 Å². The van der Waals surface area contributed by atoms with Gasteiger partial charge in [-0.05, 0) is 88.4 Å². The first kappa shape index (κ1) is 24.4. The molecule has 11 rings (SSSR count). The van der Waals surface area contributed by atoms with Crippen molar-refractivity contribution < 1.29 is 0 Å². The van der Waals surface area contributed by atoms with Crippen LogP contribution in [0.5, 0.6) is 0 Å². The number of benzene rings is 5. The smallest absolute Gasteiger partial charge is 0.0746 e. The van der Waals surface area contributed by atoms with Crippen molar-refractivity contribution in [2.45, 2.75) is 31.1 Å².